The van der Waals surface area contributed by atoms with E-state index in [-0.39, 0.29) is 0 Å². The normalized spacial score (nSPS) is 12.6. The Morgan fingerprint density at radius 1 is 0.800 bits per heavy atom. The molecule has 0 aromatic rings. The largest absolute Gasteiger partial charge is 0.483 e. The van der Waals surface area contributed by atoms with E-state index < -0.39 is 26.0 Å². The molecule has 0 spiro atoms. The van der Waals surface area contributed by atoms with Crippen LogP contribution in [0.3, 0.4) is 0 Å². The monoisotopic (exact) mass is 339 g/mol. The summed E-state index contributed by atoms with van der Waals surface area (Å²) in [6.07, 6.45) is 2.69. The zero-order valence-electron chi connectivity index (χ0n) is 15.4. The summed E-state index contributed by atoms with van der Waals surface area (Å²) in [7, 11) is 0.920. The lowest BCUT2D eigenvalue weighted by molar-refractivity contribution is 0.163. The second-order valence-corrected chi connectivity index (χ2v) is 19.0. The van der Waals surface area contributed by atoms with Gasteiger partial charge in [0.25, 0.3) is 0 Å². The fraction of sp³-hybridized carbons (Fsp3) is 1.00. The standard InChI is InChI=1S/C10H27NSi2.C3H10O3Si/c1-8-9-10-11(12(2,3)4)13(5,6)7;1-4-7(5-2)6-3/h8-10H2,1-7H3;7H,1-3H3. The van der Waals surface area contributed by atoms with Crippen LogP contribution in [0.15, 0.2) is 0 Å². The van der Waals surface area contributed by atoms with Crippen molar-refractivity contribution in [1.29, 1.82) is 0 Å². The van der Waals surface area contributed by atoms with Gasteiger partial charge in [-0.2, -0.15) is 0 Å². The fourth-order valence-electron chi connectivity index (χ4n) is 2.28. The van der Waals surface area contributed by atoms with Crippen LogP contribution in [0.25, 0.3) is 0 Å². The minimum Gasteiger partial charge on any atom is -0.379 e. The molecule has 0 bridgehead atoms. The van der Waals surface area contributed by atoms with Crippen molar-refractivity contribution < 1.29 is 13.3 Å². The van der Waals surface area contributed by atoms with Crippen LogP contribution in [0, 0.1) is 0 Å². The molecule has 0 saturated carbocycles. The summed E-state index contributed by atoms with van der Waals surface area (Å²) in [4.78, 5) is 0. The third-order valence-electron chi connectivity index (χ3n) is 2.93. The Morgan fingerprint density at radius 3 is 1.30 bits per heavy atom. The van der Waals surface area contributed by atoms with Crippen molar-refractivity contribution in [2.75, 3.05) is 27.9 Å². The lowest BCUT2D eigenvalue weighted by atomic mass is 10.3. The molecule has 0 aliphatic rings. The molecule has 20 heavy (non-hydrogen) atoms. The highest BCUT2D eigenvalue weighted by Gasteiger charge is 2.33. The van der Waals surface area contributed by atoms with Crippen molar-refractivity contribution in [2.24, 2.45) is 0 Å². The van der Waals surface area contributed by atoms with Crippen LogP contribution in [-0.4, -0.2) is 58.1 Å². The number of hydrogen-bond donors (Lipinski definition) is 0. The molecule has 0 rings (SSSR count). The Hall–Kier alpha value is 0.491. The molecule has 0 atom stereocenters. The maximum atomic E-state index is 4.74. The lowest BCUT2D eigenvalue weighted by Crippen LogP contribution is -2.59. The summed E-state index contributed by atoms with van der Waals surface area (Å²) in [5.41, 5.74) is 0. The van der Waals surface area contributed by atoms with Crippen molar-refractivity contribution in [3.05, 3.63) is 0 Å². The minimum atomic E-state index is -1.67. The molecule has 0 fully saturated rings. The van der Waals surface area contributed by atoms with Crippen LogP contribution < -0.4 is 0 Å². The molecule has 4 nitrogen and oxygen atoms in total. The fourth-order valence-corrected chi connectivity index (χ4v) is 12.6. The molecular formula is C13H37NO3Si3. The van der Waals surface area contributed by atoms with Crippen LogP contribution in [0.2, 0.25) is 39.3 Å². The van der Waals surface area contributed by atoms with Gasteiger partial charge in [-0.25, -0.2) is 0 Å². The molecule has 124 valence electrons. The highest BCUT2D eigenvalue weighted by molar-refractivity contribution is 6.89. The van der Waals surface area contributed by atoms with Crippen molar-refractivity contribution >= 4 is 26.0 Å². The lowest BCUT2D eigenvalue weighted by Gasteiger charge is -2.43. The summed E-state index contributed by atoms with van der Waals surface area (Å²) in [5.74, 6) is 0. The third kappa shape index (κ3) is 11.2. The number of nitrogens with zero attached hydrogens (tertiary/aromatic N) is 1. The summed E-state index contributed by atoms with van der Waals surface area (Å²) < 4.78 is 17.1. The third-order valence-corrected chi connectivity index (χ3v) is 11.8. The van der Waals surface area contributed by atoms with Gasteiger partial charge in [-0.05, 0) is 13.0 Å². The average molecular weight is 340 g/mol. The molecule has 0 amide bonds. The van der Waals surface area contributed by atoms with E-state index in [1.807, 2.05) is 0 Å². The van der Waals surface area contributed by atoms with Crippen molar-refractivity contribution in [3.8, 4) is 0 Å². The van der Waals surface area contributed by atoms with Crippen LogP contribution in [0.5, 0.6) is 0 Å². The molecule has 0 aliphatic heterocycles. The van der Waals surface area contributed by atoms with E-state index in [2.05, 4.69) is 50.4 Å². The van der Waals surface area contributed by atoms with Crippen LogP contribution >= 0.6 is 0 Å². The summed E-state index contributed by atoms with van der Waals surface area (Å²) >= 11 is 0. The van der Waals surface area contributed by atoms with Gasteiger partial charge in [0.2, 0.25) is 0 Å². The molecule has 0 aromatic heterocycles. The van der Waals surface area contributed by atoms with E-state index >= 15 is 0 Å². The van der Waals surface area contributed by atoms with Gasteiger partial charge in [0.1, 0.15) is 16.5 Å². The van der Waals surface area contributed by atoms with Crippen LogP contribution in [0.4, 0.5) is 0 Å². The van der Waals surface area contributed by atoms with Gasteiger partial charge in [-0.15, -0.1) is 0 Å². The highest BCUT2D eigenvalue weighted by atomic mass is 28.4. The van der Waals surface area contributed by atoms with E-state index in [9.17, 15) is 0 Å². The van der Waals surface area contributed by atoms with E-state index in [0.717, 1.165) is 0 Å². The van der Waals surface area contributed by atoms with Gasteiger partial charge in [-0.3, -0.25) is 0 Å². The molecule has 0 unspecified atom stereocenters. The summed E-state index contributed by atoms with van der Waals surface area (Å²) in [6.45, 7) is 18.5. The molecule has 0 aliphatic carbocycles. The van der Waals surface area contributed by atoms with E-state index in [0.29, 0.717) is 0 Å². The van der Waals surface area contributed by atoms with Gasteiger partial charge in [-0.1, -0.05) is 52.6 Å². The molecule has 0 heterocycles. The molecule has 0 saturated heterocycles. The topological polar surface area (TPSA) is 30.9 Å². The first-order valence-electron chi connectivity index (χ1n) is 7.40. The Bertz CT molecular complexity index is 206. The quantitative estimate of drug-likeness (QED) is 0.634. The van der Waals surface area contributed by atoms with Crippen molar-refractivity contribution in [1.82, 2.24) is 4.23 Å². The molecule has 7 heteroatoms. The van der Waals surface area contributed by atoms with Gasteiger partial charge < -0.3 is 17.5 Å². The van der Waals surface area contributed by atoms with Crippen molar-refractivity contribution in [2.45, 2.75) is 59.0 Å². The van der Waals surface area contributed by atoms with Gasteiger partial charge >= 0.3 is 9.53 Å². The Balaban J connectivity index is 0. The predicted molar refractivity (Wildman–Crippen MR) is 96.5 cm³/mol. The number of rotatable bonds is 8. The first-order chi connectivity index (χ1) is 9.04. The maximum absolute atomic E-state index is 4.74. The predicted octanol–water partition coefficient (Wildman–Crippen LogP) is 3.40. The van der Waals surface area contributed by atoms with Crippen LogP contribution in [0.1, 0.15) is 19.8 Å². The Kier molecular flexibility index (Phi) is 12.6. The molecule has 0 N–H and O–H groups in total. The van der Waals surface area contributed by atoms with Gasteiger partial charge in [0, 0.05) is 21.3 Å². The number of unbranched alkanes of at least 4 members (excludes halogenated alkanes) is 1. The first-order valence-corrected chi connectivity index (χ1v) is 15.7. The van der Waals surface area contributed by atoms with Gasteiger partial charge in [0.15, 0.2) is 0 Å². The smallest absolute Gasteiger partial charge is 0.379 e. The Morgan fingerprint density at radius 2 is 1.15 bits per heavy atom. The zero-order chi connectivity index (χ0) is 16.4. The maximum Gasteiger partial charge on any atom is 0.483 e. The zero-order valence-corrected chi connectivity index (χ0v) is 18.5. The molecular weight excluding hydrogens is 302 g/mol. The minimum absolute atomic E-state index is 1.06. The van der Waals surface area contributed by atoms with Crippen LogP contribution in [-0.2, 0) is 13.3 Å². The average Bonchev–Trinajstić information content (AvgIpc) is 2.29. The van der Waals surface area contributed by atoms with E-state index in [1.54, 1.807) is 21.3 Å². The summed E-state index contributed by atoms with van der Waals surface area (Å²) in [5, 5.41) is 0. The second-order valence-electron chi connectivity index (χ2n) is 6.84. The Labute approximate surface area is 130 Å². The molecule has 0 aromatic carbocycles. The van der Waals surface area contributed by atoms with Gasteiger partial charge in [0.05, 0.1) is 0 Å². The van der Waals surface area contributed by atoms with Crippen molar-refractivity contribution in [3.63, 3.8) is 0 Å². The van der Waals surface area contributed by atoms with E-state index in [4.69, 9.17) is 13.3 Å². The molecule has 0 radical (unpaired) electrons. The first kappa shape index (κ1) is 22.8. The summed E-state index contributed by atoms with van der Waals surface area (Å²) in [6, 6.07) is 0. The number of hydrogen-bond acceptors (Lipinski definition) is 4. The highest BCUT2D eigenvalue weighted by Crippen LogP contribution is 2.20. The van der Waals surface area contributed by atoms with E-state index in [1.165, 1.54) is 19.4 Å². The SMILES string of the molecule is CCCCN([Si](C)(C)C)[Si](C)(C)C.CO[SiH](OC)OC. The second kappa shape index (κ2) is 11.1.